The number of aromatic nitrogens is 2. The summed E-state index contributed by atoms with van der Waals surface area (Å²) in [6.45, 7) is 2.09. The number of nitrogens with zero attached hydrogens (tertiary/aromatic N) is 3. The fraction of sp³-hybridized carbons (Fsp3) is 0.600. The molecule has 2 heterocycles. The predicted octanol–water partition coefficient (Wildman–Crippen LogP) is -0.780. The maximum absolute atomic E-state index is 12.2. The largest absolute Gasteiger partial charge is 0.377 e. The van der Waals surface area contributed by atoms with Crippen LogP contribution in [0.25, 0.3) is 0 Å². The van der Waals surface area contributed by atoms with Gasteiger partial charge in [0.25, 0.3) is 5.91 Å². The Hall–Kier alpha value is -1.40. The maximum Gasteiger partial charge on any atom is 0.272 e. The summed E-state index contributed by atoms with van der Waals surface area (Å²) in [5, 5.41) is 0. The van der Waals surface area contributed by atoms with E-state index in [-0.39, 0.29) is 11.9 Å². The van der Waals surface area contributed by atoms with Crippen molar-refractivity contribution < 1.29 is 9.53 Å². The molecule has 6 nitrogen and oxygen atoms in total. The summed E-state index contributed by atoms with van der Waals surface area (Å²) >= 11 is 0. The molecule has 1 aromatic heterocycles. The minimum Gasteiger partial charge on any atom is -0.377 e. The smallest absolute Gasteiger partial charge is 0.272 e. The molecule has 88 valence electrons. The van der Waals surface area contributed by atoms with Crippen LogP contribution in [0, 0.1) is 0 Å². The van der Waals surface area contributed by atoms with E-state index < -0.39 is 0 Å². The lowest BCUT2D eigenvalue weighted by molar-refractivity contribution is 0.000331. The molecule has 1 atom stereocenters. The molecule has 1 aliphatic rings. The van der Waals surface area contributed by atoms with Gasteiger partial charge in [-0.15, -0.1) is 0 Å². The molecule has 1 saturated heterocycles. The average molecular weight is 224 g/mol. The van der Waals surface area contributed by atoms with Gasteiger partial charge in [-0.05, 0) is 0 Å². The Morgan fingerprint density at radius 2 is 2.56 bits per heavy atom. The second-order valence-electron chi connectivity index (χ2n) is 3.85. The quantitative estimate of drug-likeness (QED) is 0.715. The van der Waals surface area contributed by atoms with Crippen LogP contribution < -0.4 is 5.73 Å². The first-order chi connectivity index (χ1) is 7.74. The lowest BCUT2D eigenvalue weighted by Crippen LogP contribution is -2.52. The van der Waals surface area contributed by atoms with Gasteiger partial charge in [-0.1, -0.05) is 0 Å². The van der Waals surface area contributed by atoms with Crippen LogP contribution in [-0.2, 0) is 11.8 Å². The van der Waals surface area contributed by atoms with Gasteiger partial charge in [-0.3, -0.25) is 4.79 Å². The Morgan fingerprint density at radius 1 is 1.75 bits per heavy atom. The number of morpholine rings is 1. The fourth-order valence-electron chi connectivity index (χ4n) is 1.83. The van der Waals surface area contributed by atoms with Crippen molar-refractivity contribution in [2.45, 2.75) is 6.04 Å². The van der Waals surface area contributed by atoms with Gasteiger partial charge in [0, 0.05) is 20.1 Å². The van der Waals surface area contributed by atoms with Crippen LogP contribution in [0.4, 0.5) is 0 Å². The van der Waals surface area contributed by atoms with Crippen LogP contribution in [0.3, 0.4) is 0 Å². The molecule has 1 amide bonds. The van der Waals surface area contributed by atoms with Gasteiger partial charge in [-0.25, -0.2) is 4.98 Å². The van der Waals surface area contributed by atoms with E-state index in [2.05, 4.69) is 4.98 Å². The van der Waals surface area contributed by atoms with E-state index in [1.54, 1.807) is 29.0 Å². The molecule has 1 aromatic rings. The van der Waals surface area contributed by atoms with Crippen LogP contribution in [-0.4, -0.2) is 52.7 Å². The van der Waals surface area contributed by atoms with Crippen molar-refractivity contribution in [2.75, 3.05) is 26.3 Å². The Kier molecular flexibility index (Phi) is 3.21. The molecule has 0 saturated carbocycles. The minimum absolute atomic E-state index is 0.0289. The summed E-state index contributed by atoms with van der Waals surface area (Å²) < 4.78 is 7.02. The molecule has 1 unspecified atom stereocenters. The second kappa shape index (κ2) is 4.63. The van der Waals surface area contributed by atoms with Crippen LogP contribution in [0.15, 0.2) is 12.5 Å². The number of imidazole rings is 1. The molecular formula is C10H16N4O2. The average Bonchev–Trinajstić information content (AvgIpc) is 2.74. The number of nitrogens with two attached hydrogens (primary N) is 1. The van der Waals surface area contributed by atoms with Crippen molar-refractivity contribution in [1.82, 2.24) is 14.5 Å². The van der Waals surface area contributed by atoms with E-state index in [4.69, 9.17) is 10.5 Å². The first-order valence-corrected chi connectivity index (χ1v) is 5.29. The molecule has 16 heavy (non-hydrogen) atoms. The summed E-state index contributed by atoms with van der Waals surface area (Å²) in [6.07, 6.45) is 3.19. The summed E-state index contributed by atoms with van der Waals surface area (Å²) in [4.78, 5) is 17.9. The SMILES string of the molecule is Cn1cncc1C(=O)N1CCOCC1CN. The van der Waals surface area contributed by atoms with Crippen molar-refractivity contribution in [1.29, 1.82) is 0 Å². The molecule has 2 rings (SSSR count). The van der Waals surface area contributed by atoms with Gasteiger partial charge in [-0.2, -0.15) is 0 Å². The molecule has 1 fully saturated rings. The highest BCUT2D eigenvalue weighted by molar-refractivity contribution is 5.92. The lowest BCUT2D eigenvalue weighted by atomic mass is 10.2. The van der Waals surface area contributed by atoms with E-state index in [0.29, 0.717) is 32.0 Å². The zero-order valence-electron chi connectivity index (χ0n) is 9.30. The number of amides is 1. The van der Waals surface area contributed by atoms with E-state index >= 15 is 0 Å². The topological polar surface area (TPSA) is 73.4 Å². The summed E-state index contributed by atoms with van der Waals surface area (Å²) in [7, 11) is 1.80. The van der Waals surface area contributed by atoms with Gasteiger partial charge in [0.15, 0.2) is 0 Å². The van der Waals surface area contributed by atoms with Gasteiger partial charge >= 0.3 is 0 Å². The van der Waals surface area contributed by atoms with E-state index in [9.17, 15) is 4.79 Å². The zero-order valence-corrected chi connectivity index (χ0v) is 9.30. The molecule has 2 N–H and O–H groups in total. The Balaban J connectivity index is 2.17. The molecule has 0 bridgehead atoms. The first kappa shape index (κ1) is 11.1. The van der Waals surface area contributed by atoms with E-state index in [0.717, 1.165) is 0 Å². The Labute approximate surface area is 94.0 Å². The third kappa shape index (κ3) is 1.94. The van der Waals surface area contributed by atoms with Gasteiger partial charge in [0.05, 0.1) is 31.8 Å². The molecular weight excluding hydrogens is 208 g/mol. The normalized spacial score (nSPS) is 21.1. The van der Waals surface area contributed by atoms with Crippen molar-refractivity contribution in [3.63, 3.8) is 0 Å². The van der Waals surface area contributed by atoms with Crippen LogP contribution in [0.5, 0.6) is 0 Å². The highest BCUT2D eigenvalue weighted by atomic mass is 16.5. The van der Waals surface area contributed by atoms with Crippen LogP contribution in [0.2, 0.25) is 0 Å². The van der Waals surface area contributed by atoms with Crippen LogP contribution in [0.1, 0.15) is 10.5 Å². The molecule has 6 heteroatoms. The fourth-order valence-corrected chi connectivity index (χ4v) is 1.83. The number of rotatable bonds is 2. The lowest BCUT2D eigenvalue weighted by Gasteiger charge is -2.34. The highest BCUT2D eigenvalue weighted by Gasteiger charge is 2.28. The first-order valence-electron chi connectivity index (χ1n) is 5.29. The minimum atomic E-state index is -0.0313. The zero-order chi connectivity index (χ0) is 11.5. The number of ether oxygens (including phenoxy) is 1. The molecule has 1 aliphatic heterocycles. The highest BCUT2D eigenvalue weighted by Crippen LogP contribution is 2.11. The van der Waals surface area contributed by atoms with Crippen molar-refractivity contribution in [3.05, 3.63) is 18.2 Å². The van der Waals surface area contributed by atoms with Crippen molar-refractivity contribution in [3.8, 4) is 0 Å². The van der Waals surface area contributed by atoms with E-state index in [1.165, 1.54) is 0 Å². The third-order valence-electron chi connectivity index (χ3n) is 2.80. The third-order valence-corrected chi connectivity index (χ3v) is 2.80. The summed E-state index contributed by atoms with van der Waals surface area (Å²) in [5.74, 6) is -0.0289. The van der Waals surface area contributed by atoms with Crippen LogP contribution >= 0.6 is 0 Å². The number of hydrogen-bond donors (Lipinski definition) is 1. The van der Waals surface area contributed by atoms with Gasteiger partial charge < -0.3 is 19.9 Å². The van der Waals surface area contributed by atoms with E-state index in [1.807, 2.05) is 0 Å². The number of aryl methyl sites for hydroxylation is 1. The maximum atomic E-state index is 12.2. The van der Waals surface area contributed by atoms with Gasteiger partial charge in [0.2, 0.25) is 0 Å². The molecule has 0 aromatic carbocycles. The molecule has 0 aliphatic carbocycles. The summed E-state index contributed by atoms with van der Waals surface area (Å²) in [5.41, 5.74) is 6.21. The summed E-state index contributed by atoms with van der Waals surface area (Å²) in [6, 6.07) is -0.0313. The number of hydrogen-bond acceptors (Lipinski definition) is 4. The monoisotopic (exact) mass is 224 g/mol. The second-order valence-corrected chi connectivity index (χ2v) is 3.85. The Bertz CT molecular complexity index is 377. The molecule has 0 radical (unpaired) electrons. The molecule has 0 spiro atoms. The van der Waals surface area contributed by atoms with Crippen molar-refractivity contribution >= 4 is 5.91 Å². The number of carbonyl (C=O) groups is 1. The number of carbonyl (C=O) groups excluding carboxylic acids is 1. The standard InChI is InChI=1S/C10H16N4O2/c1-13-7-12-5-9(13)10(15)14-2-3-16-6-8(14)4-11/h5,7-8H,2-4,6,11H2,1H3. The predicted molar refractivity (Wildman–Crippen MR) is 57.9 cm³/mol. The van der Waals surface area contributed by atoms with Crippen molar-refractivity contribution in [2.24, 2.45) is 12.8 Å². The Morgan fingerprint density at radius 3 is 3.19 bits per heavy atom. The van der Waals surface area contributed by atoms with Gasteiger partial charge in [0.1, 0.15) is 5.69 Å².